The summed E-state index contributed by atoms with van der Waals surface area (Å²) in [6, 6.07) is -0.320. The molecule has 18 heavy (non-hydrogen) atoms. The van der Waals surface area contributed by atoms with Crippen LogP contribution in [0, 0.1) is 5.92 Å². The van der Waals surface area contributed by atoms with Crippen LogP contribution in [0.25, 0.3) is 0 Å². The molecule has 0 aromatic rings. The van der Waals surface area contributed by atoms with Crippen LogP contribution in [0.2, 0.25) is 0 Å². The molecule has 0 bridgehead atoms. The topological polar surface area (TPSA) is 40.5 Å². The summed E-state index contributed by atoms with van der Waals surface area (Å²) in [4.78, 5) is 12.3. The van der Waals surface area contributed by atoms with Crippen molar-refractivity contribution in [2.45, 2.75) is 37.9 Å². The van der Waals surface area contributed by atoms with Crippen LogP contribution >= 0.6 is 0 Å². The van der Waals surface area contributed by atoms with Crippen molar-refractivity contribution in [3.8, 4) is 0 Å². The Kier molecular flexibility index (Phi) is 5.19. The molecule has 0 aromatic carbocycles. The van der Waals surface area contributed by atoms with Crippen molar-refractivity contribution < 1.29 is 23.1 Å². The van der Waals surface area contributed by atoms with Gasteiger partial charge in [-0.3, -0.25) is 9.69 Å². The van der Waals surface area contributed by atoms with E-state index in [1.54, 1.807) is 4.90 Å². The normalized spacial score (nSPS) is 25.1. The minimum absolute atomic E-state index is 0.00931. The first-order chi connectivity index (χ1) is 8.34. The molecule has 1 rings (SSSR count). The molecule has 2 unspecified atom stereocenters. The Morgan fingerprint density at radius 2 is 2.11 bits per heavy atom. The van der Waals surface area contributed by atoms with Gasteiger partial charge >= 0.3 is 12.1 Å². The molecule has 1 aliphatic carbocycles. The van der Waals surface area contributed by atoms with Crippen molar-refractivity contribution in [2.24, 2.45) is 5.92 Å². The maximum absolute atomic E-state index is 12.7. The van der Waals surface area contributed by atoms with Crippen LogP contribution in [0.5, 0.6) is 0 Å². The third-order valence-corrected chi connectivity index (χ3v) is 3.33. The Morgan fingerprint density at radius 3 is 2.61 bits per heavy atom. The number of carboxylic acids is 1. The van der Waals surface area contributed by atoms with Gasteiger partial charge in [-0.1, -0.05) is 12.5 Å². The molecule has 104 valence electrons. The lowest BCUT2D eigenvalue weighted by atomic mass is 9.84. The van der Waals surface area contributed by atoms with Crippen molar-refractivity contribution in [3.63, 3.8) is 0 Å². The monoisotopic (exact) mass is 265 g/mol. The Hall–Kier alpha value is -1.04. The molecule has 1 N–H and O–H groups in total. The van der Waals surface area contributed by atoms with Gasteiger partial charge in [0.05, 0.1) is 12.5 Å². The zero-order valence-electron chi connectivity index (χ0n) is 10.1. The Morgan fingerprint density at radius 1 is 1.44 bits per heavy atom. The van der Waals surface area contributed by atoms with Gasteiger partial charge in [0.2, 0.25) is 0 Å². The Bertz CT molecular complexity index is 304. The summed E-state index contributed by atoms with van der Waals surface area (Å²) in [5.74, 6) is -2.33. The minimum Gasteiger partial charge on any atom is -0.480 e. The van der Waals surface area contributed by atoms with Gasteiger partial charge in [0.15, 0.2) is 0 Å². The summed E-state index contributed by atoms with van der Waals surface area (Å²) in [5.41, 5.74) is 0. The van der Waals surface area contributed by atoms with Crippen LogP contribution in [0.15, 0.2) is 12.7 Å². The maximum atomic E-state index is 12.7. The van der Waals surface area contributed by atoms with Crippen molar-refractivity contribution in [1.29, 1.82) is 0 Å². The molecule has 1 fully saturated rings. The van der Waals surface area contributed by atoms with Gasteiger partial charge in [0.25, 0.3) is 0 Å². The third kappa shape index (κ3) is 4.33. The van der Waals surface area contributed by atoms with E-state index in [2.05, 4.69) is 6.58 Å². The van der Waals surface area contributed by atoms with Crippen LogP contribution in [-0.2, 0) is 4.79 Å². The highest BCUT2D eigenvalue weighted by Gasteiger charge is 2.43. The zero-order valence-corrected chi connectivity index (χ0v) is 10.1. The standard InChI is InChI=1S/C12H18F3NO2/c1-2-6-16(8-11(17)18)10-5-3-4-9(7-10)12(13,14)15/h2,9-10H,1,3-8H2,(H,17,18). The second-order valence-corrected chi connectivity index (χ2v) is 4.67. The van der Waals surface area contributed by atoms with E-state index >= 15 is 0 Å². The van der Waals surface area contributed by atoms with E-state index in [4.69, 9.17) is 5.11 Å². The average molecular weight is 265 g/mol. The summed E-state index contributed by atoms with van der Waals surface area (Å²) in [7, 11) is 0. The van der Waals surface area contributed by atoms with E-state index in [9.17, 15) is 18.0 Å². The molecule has 0 heterocycles. The van der Waals surface area contributed by atoms with Gasteiger partial charge in [0, 0.05) is 12.6 Å². The van der Waals surface area contributed by atoms with Gasteiger partial charge in [0.1, 0.15) is 0 Å². The van der Waals surface area contributed by atoms with Crippen molar-refractivity contribution >= 4 is 5.97 Å². The fourth-order valence-electron chi connectivity index (χ4n) is 2.48. The predicted molar refractivity (Wildman–Crippen MR) is 61.2 cm³/mol. The lowest BCUT2D eigenvalue weighted by Crippen LogP contribution is -2.44. The molecule has 1 saturated carbocycles. The third-order valence-electron chi connectivity index (χ3n) is 3.33. The number of rotatable bonds is 5. The second kappa shape index (κ2) is 6.22. The van der Waals surface area contributed by atoms with Crippen LogP contribution in [0.3, 0.4) is 0 Å². The number of carbonyl (C=O) groups is 1. The van der Waals surface area contributed by atoms with Crippen molar-refractivity contribution in [3.05, 3.63) is 12.7 Å². The number of hydrogen-bond acceptors (Lipinski definition) is 2. The lowest BCUT2D eigenvalue weighted by molar-refractivity contribution is -0.186. The molecule has 0 saturated heterocycles. The first kappa shape index (κ1) is 15.0. The average Bonchev–Trinajstić information content (AvgIpc) is 2.27. The van der Waals surface area contributed by atoms with Crippen LogP contribution in [0.1, 0.15) is 25.7 Å². The SMILES string of the molecule is C=CCN(CC(=O)O)C1CCCC(C(F)(F)F)C1. The first-order valence-electron chi connectivity index (χ1n) is 5.98. The number of nitrogens with zero attached hydrogens (tertiary/aromatic N) is 1. The lowest BCUT2D eigenvalue weighted by Gasteiger charge is -2.36. The Balaban J connectivity index is 2.67. The maximum Gasteiger partial charge on any atom is 0.391 e. The molecule has 1 aliphatic rings. The van der Waals surface area contributed by atoms with E-state index in [1.807, 2.05) is 0 Å². The first-order valence-corrected chi connectivity index (χ1v) is 5.98. The van der Waals surface area contributed by atoms with Gasteiger partial charge in [-0.15, -0.1) is 6.58 Å². The predicted octanol–water partition coefficient (Wildman–Crippen LogP) is 2.68. The number of carboxylic acid groups (broad SMARTS) is 1. The summed E-state index contributed by atoms with van der Waals surface area (Å²) in [5, 5.41) is 8.77. The van der Waals surface area contributed by atoms with Crippen LogP contribution < -0.4 is 0 Å². The largest absolute Gasteiger partial charge is 0.480 e. The fourth-order valence-corrected chi connectivity index (χ4v) is 2.48. The number of halogens is 3. The second-order valence-electron chi connectivity index (χ2n) is 4.67. The summed E-state index contributed by atoms with van der Waals surface area (Å²) < 4.78 is 38.0. The highest BCUT2D eigenvalue weighted by atomic mass is 19.4. The molecule has 0 aromatic heterocycles. The summed E-state index contributed by atoms with van der Waals surface area (Å²) in [6.45, 7) is 3.59. The van der Waals surface area contributed by atoms with E-state index < -0.39 is 18.1 Å². The molecule has 3 nitrogen and oxygen atoms in total. The van der Waals surface area contributed by atoms with Gasteiger partial charge < -0.3 is 5.11 Å². The Labute approximate surface area is 104 Å². The summed E-state index contributed by atoms with van der Waals surface area (Å²) in [6.07, 6.45) is -1.41. The highest BCUT2D eigenvalue weighted by molar-refractivity contribution is 5.69. The van der Waals surface area contributed by atoms with Gasteiger partial charge in [-0.2, -0.15) is 13.2 Å². The van der Waals surface area contributed by atoms with E-state index in [0.717, 1.165) is 0 Å². The van der Waals surface area contributed by atoms with Gasteiger partial charge in [-0.25, -0.2) is 0 Å². The molecule has 2 atom stereocenters. The number of alkyl halides is 3. The molecule has 0 aliphatic heterocycles. The molecule has 0 spiro atoms. The highest BCUT2D eigenvalue weighted by Crippen LogP contribution is 2.38. The van der Waals surface area contributed by atoms with Crippen molar-refractivity contribution in [2.75, 3.05) is 13.1 Å². The zero-order chi connectivity index (χ0) is 13.8. The smallest absolute Gasteiger partial charge is 0.391 e. The quantitative estimate of drug-likeness (QED) is 0.777. The van der Waals surface area contributed by atoms with E-state index in [1.165, 1.54) is 6.08 Å². The van der Waals surface area contributed by atoms with Crippen LogP contribution in [0.4, 0.5) is 13.2 Å². The van der Waals surface area contributed by atoms with E-state index in [0.29, 0.717) is 19.4 Å². The number of hydrogen-bond donors (Lipinski definition) is 1. The van der Waals surface area contributed by atoms with Crippen molar-refractivity contribution in [1.82, 2.24) is 4.90 Å². The van der Waals surface area contributed by atoms with E-state index in [-0.39, 0.29) is 25.4 Å². The summed E-state index contributed by atoms with van der Waals surface area (Å²) >= 11 is 0. The molecule has 0 amide bonds. The molecular formula is C12H18F3NO2. The number of aliphatic carboxylic acids is 1. The molecule has 6 heteroatoms. The minimum atomic E-state index is -4.18. The van der Waals surface area contributed by atoms with Gasteiger partial charge in [-0.05, 0) is 19.3 Å². The van der Waals surface area contributed by atoms with Crippen LogP contribution in [-0.4, -0.2) is 41.3 Å². The molecule has 0 radical (unpaired) electrons. The fraction of sp³-hybridized carbons (Fsp3) is 0.750. The molecular weight excluding hydrogens is 247 g/mol.